The van der Waals surface area contributed by atoms with Crippen molar-refractivity contribution in [3.63, 3.8) is 0 Å². The summed E-state index contributed by atoms with van der Waals surface area (Å²) in [5, 5.41) is 2.63. The van der Waals surface area contributed by atoms with E-state index in [9.17, 15) is 9.59 Å². The minimum atomic E-state index is -0.714. The van der Waals surface area contributed by atoms with E-state index in [1.54, 1.807) is 24.0 Å². The van der Waals surface area contributed by atoms with Crippen LogP contribution in [0.5, 0.6) is 0 Å². The van der Waals surface area contributed by atoms with E-state index in [4.69, 9.17) is 10.5 Å². The molecule has 1 aromatic heterocycles. The quantitative estimate of drug-likeness (QED) is 0.641. The number of imidazole rings is 1. The van der Waals surface area contributed by atoms with Crippen LogP contribution in [0.2, 0.25) is 0 Å². The molecule has 0 radical (unpaired) electrons. The van der Waals surface area contributed by atoms with Crippen LogP contribution in [-0.4, -0.2) is 40.6 Å². The van der Waals surface area contributed by atoms with Gasteiger partial charge in [0, 0.05) is 38.3 Å². The fourth-order valence-corrected chi connectivity index (χ4v) is 1.62. The largest absolute Gasteiger partial charge is 0.464 e. The topological polar surface area (TPSA) is 99.2 Å². The van der Waals surface area contributed by atoms with E-state index >= 15 is 0 Å². The van der Waals surface area contributed by atoms with Crippen LogP contribution >= 0.6 is 0 Å². The van der Waals surface area contributed by atoms with Gasteiger partial charge in [0.15, 0.2) is 0 Å². The predicted octanol–water partition coefficient (Wildman–Crippen LogP) is -0.641. The van der Waals surface area contributed by atoms with Crippen LogP contribution in [-0.2, 0) is 27.8 Å². The highest BCUT2D eigenvalue weighted by molar-refractivity contribution is 5.84. The van der Waals surface area contributed by atoms with Gasteiger partial charge in [0.2, 0.25) is 5.91 Å². The first-order valence-corrected chi connectivity index (χ1v) is 6.19. The molecule has 0 saturated heterocycles. The third kappa shape index (κ3) is 4.70. The number of amides is 1. The summed E-state index contributed by atoms with van der Waals surface area (Å²) in [6.45, 7) is 2.24. The summed E-state index contributed by atoms with van der Waals surface area (Å²) in [5.41, 5.74) is 6.15. The predicted molar refractivity (Wildman–Crippen MR) is 69.1 cm³/mol. The summed E-state index contributed by atoms with van der Waals surface area (Å²) < 4.78 is 6.75. The molecule has 0 aliphatic rings. The molecular weight excluding hydrogens is 248 g/mol. The molecule has 1 aromatic rings. The van der Waals surface area contributed by atoms with Gasteiger partial charge in [-0.25, -0.2) is 9.78 Å². The number of hydrogen-bond acceptors (Lipinski definition) is 5. The second-order valence-corrected chi connectivity index (χ2v) is 4.11. The number of nitrogens with two attached hydrogens (primary N) is 1. The Kier molecular flexibility index (Phi) is 6.01. The minimum Gasteiger partial charge on any atom is -0.464 e. The van der Waals surface area contributed by atoms with Crippen molar-refractivity contribution in [3.8, 4) is 0 Å². The molecule has 7 nitrogen and oxygen atoms in total. The molecule has 0 aliphatic heterocycles. The van der Waals surface area contributed by atoms with Crippen LogP contribution in [0.3, 0.4) is 0 Å². The first-order valence-electron chi connectivity index (χ1n) is 6.19. The number of nitrogens with one attached hydrogen (secondary N) is 1. The minimum absolute atomic E-state index is 0.182. The molecule has 0 aliphatic carbocycles. The maximum Gasteiger partial charge on any atom is 0.329 e. The molecule has 1 atom stereocenters. The summed E-state index contributed by atoms with van der Waals surface area (Å²) in [6.07, 6.45) is 3.81. The van der Waals surface area contributed by atoms with Gasteiger partial charge < -0.3 is 20.4 Å². The maximum atomic E-state index is 11.8. The summed E-state index contributed by atoms with van der Waals surface area (Å²) in [7, 11) is 1.83. The van der Waals surface area contributed by atoms with E-state index in [0.717, 1.165) is 5.69 Å². The van der Waals surface area contributed by atoms with Crippen molar-refractivity contribution in [2.45, 2.75) is 25.8 Å². The highest BCUT2D eigenvalue weighted by Crippen LogP contribution is 2.04. The van der Waals surface area contributed by atoms with Crippen LogP contribution < -0.4 is 11.1 Å². The van der Waals surface area contributed by atoms with Crippen molar-refractivity contribution in [1.29, 1.82) is 0 Å². The van der Waals surface area contributed by atoms with Crippen LogP contribution in [0, 0.1) is 0 Å². The molecule has 0 bridgehead atoms. The van der Waals surface area contributed by atoms with Gasteiger partial charge in [-0.2, -0.15) is 0 Å². The molecule has 0 saturated carbocycles. The molecule has 1 amide bonds. The second kappa shape index (κ2) is 7.52. The molecule has 19 heavy (non-hydrogen) atoms. The average molecular weight is 268 g/mol. The van der Waals surface area contributed by atoms with Gasteiger partial charge in [0.25, 0.3) is 0 Å². The Bertz CT molecular complexity index is 430. The number of carbonyl (C=O) groups excluding carboxylic acids is 2. The first kappa shape index (κ1) is 15.2. The van der Waals surface area contributed by atoms with Crippen LogP contribution in [0.4, 0.5) is 0 Å². The van der Waals surface area contributed by atoms with Crippen molar-refractivity contribution < 1.29 is 14.3 Å². The zero-order chi connectivity index (χ0) is 14.3. The van der Waals surface area contributed by atoms with Gasteiger partial charge in [-0.05, 0) is 6.92 Å². The lowest BCUT2D eigenvalue weighted by Gasteiger charge is -2.17. The molecule has 0 fully saturated rings. The Balaban J connectivity index is 2.71. The number of ether oxygens (including phenoxy) is 1. The molecule has 0 aromatic carbocycles. The van der Waals surface area contributed by atoms with Crippen molar-refractivity contribution in [3.05, 3.63) is 18.2 Å². The summed E-state index contributed by atoms with van der Waals surface area (Å²) in [6, 6.07) is -0.714. The third-order valence-electron chi connectivity index (χ3n) is 2.61. The van der Waals surface area contributed by atoms with Crippen molar-refractivity contribution in [2.24, 2.45) is 12.8 Å². The fraction of sp³-hybridized carbons (Fsp3) is 0.583. The van der Waals surface area contributed by atoms with Gasteiger partial charge in [0.1, 0.15) is 6.04 Å². The lowest BCUT2D eigenvalue weighted by atomic mass is 10.1. The lowest BCUT2D eigenvalue weighted by molar-refractivity contribution is -0.147. The zero-order valence-electron chi connectivity index (χ0n) is 11.3. The van der Waals surface area contributed by atoms with E-state index in [0.29, 0.717) is 6.42 Å². The molecule has 7 heteroatoms. The number of carbonyl (C=O) groups is 2. The maximum absolute atomic E-state index is 11.8. The molecule has 1 heterocycles. The van der Waals surface area contributed by atoms with Crippen LogP contribution in [0.15, 0.2) is 12.5 Å². The molecule has 106 valence electrons. The average Bonchev–Trinajstić information content (AvgIpc) is 2.75. The number of aromatic nitrogens is 2. The first-order chi connectivity index (χ1) is 9.08. The number of aryl methyl sites for hydroxylation is 1. The van der Waals surface area contributed by atoms with Gasteiger partial charge in [-0.15, -0.1) is 0 Å². The lowest BCUT2D eigenvalue weighted by Crippen LogP contribution is -2.44. The van der Waals surface area contributed by atoms with Gasteiger partial charge in [-0.1, -0.05) is 0 Å². The summed E-state index contributed by atoms with van der Waals surface area (Å²) >= 11 is 0. The van der Waals surface area contributed by atoms with Gasteiger partial charge in [-0.3, -0.25) is 4.79 Å². The smallest absolute Gasteiger partial charge is 0.329 e. The number of hydrogen-bond donors (Lipinski definition) is 2. The van der Waals surface area contributed by atoms with E-state index in [1.165, 1.54) is 0 Å². The number of esters is 1. The highest BCUT2D eigenvalue weighted by atomic mass is 16.5. The van der Waals surface area contributed by atoms with Crippen LogP contribution in [0.1, 0.15) is 19.0 Å². The Morgan fingerprint density at radius 1 is 1.58 bits per heavy atom. The molecule has 0 spiro atoms. The summed E-state index contributed by atoms with van der Waals surface area (Å²) in [5.74, 6) is -0.711. The van der Waals surface area contributed by atoms with E-state index < -0.39 is 12.0 Å². The molecule has 1 rings (SSSR count). The molecular formula is C12H20N4O3. The Morgan fingerprint density at radius 3 is 2.84 bits per heavy atom. The van der Waals surface area contributed by atoms with Crippen LogP contribution in [0.25, 0.3) is 0 Å². The SMILES string of the molecule is CCOC(=O)C(Cc1cncn1C)NC(=O)CCN. The van der Waals surface area contributed by atoms with Crippen molar-refractivity contribution in [2.75, 3.05) is 13.2 Å². The normalized spacial score (nSPS) is 11.9. The highest BCUT2D eigenvalue weighted by Gasteiger charge is 2.23. The van der Waals surface area contributed by atoms with E-state index in [1.807, 2.05) is 7.05 Å². The van der Waals surface area contributed by atoms with Crippen molar-refractivity contribution >= 4 is 11.9 Å². The monoisotopic (exact) mass is 268 g/mol. The van der Waals surface area contributed by atoms with Gasteiger partial charge >= 0.3 is 5.97 Å². The molecule has 3 N–H and O–H groups in total. The Hall–Kier alpha value is -1.89. The Labute approximate surface area is 112 Å². The summed E-state index contributed by atoms with van der Waals surface area (Å²) in [4.78, 5) is 27.4. The fourth-order valence-electron chi connectivity index (χ4n) is 1.62. The molecule has 1 unspecified atom stereocenters. The third-order valence-corrected chi connectivity index (χ3v) is 2.61. The van der Waals surface area contributed by atoms with E-state index in [-0.39, 0.29) is 25.5 Å². The number of rotatable bonds is 7. The standard InChI is InChI=1S/C12H20N4O3/c1-3-19-12(18)10(15-11(17)4-5-13)6-9-7-14-8-16(9)2/h7-8,10H,3-6,13H2,1-2H3,(H,15,17). The van der Waals surface area contributed by atoms with E-state index in [2.05, 4.69) is 10.3 Å². The number of nitrogens with zero attached hydrogens (tertiary/aromatic N) is 2. The Morgan fingerprint density at radius 2 is 2.32 bits per heavy atom. The second-order valence-electron chi connectivity index (χ2n) is 4.11. The zero-order valence-corrected chi connectivity index (χ0v) is 11.3. The van der Waals surface area contributed by atoms with Gasteiger partial charge in [0.05, 0.1) is 12.9 Å². The van der Waals surface area contributed by atoms with Crippen molar-refractivity contribution in [1.82, 2.24) is 14.9 Å².